The Bertz CT molecular complexity index is 695. The molecule has 1 atom stereocenters. The van der Waals surface area contributed by atoms with Crippen molar-refractivity contribution in [3.05, 3.63) is 23.8 Å². The zero-order valence-electron chi connectivity index (χ0n) is 16.5. The van der Waals surface area contributed by atoms with Crippen molar-refractivity contribution in [3.63, 3.8) is 0 Å². The van der Waals surface area contributed by atoms with Gasteiger partial charge in [0.2, 0.25) is 0 Å². The molecule has 0 radical (unpaired) electrons. The summed E-state index contributed by atoms with van der Waals surface area (Å²) in [5, 5.41) is 19.7. The van der Waals surface area contributed by atoms with Crippen LogP contribution in [0.1, 0.15) is 12.5 Å². The fourth-order valence-corrected chi connectivity index (χ4v) is 2.75. The topological polar surface area (TPSA) is 110 Å². The monoisotopic (exact) mass is 396 g/mol. The van der Waals surface area contributed by atoms with Crippen LogP contribution in [0, 0.1) is 0 Å². The molecule has 0 bridgehead atoms. The smallest absolute Gasteiger partial charge is 0.333 e. The first-order valence-electron chi connectivity index (χ1n) is 9.02. The summed E-state index contributed by atoms with van der Waals surface area (Å²) in [5.41, 5.74) is -0.764. The maximum absolute atomic E-state index is 11.4. The lowest BCUT2D eigenvalue weighted by molar-refractivity contribution is -0.142. The van der Waals surface area contributed by atoms with Crippen molar-refractivity contribution < 1.29 is 34.0 Å². The summed E-state index contributed by atoms with van der Waals surface area (Å²) in [6.45, 7) is 4.55. The second-order valence-electron chi connectivity index (χ2n) is 6.62. The highest BCUT2D eigenvalue weighted by atomic mass is 16.6. The minimum absolute atomic E-state index is 0.0230. The number of aliphatic imine (C=N–C) groups is 1. The van der Waals surface area contributed by atoms with Crippen LogP contribution in [0.25, 0.3) is 0 Å². The third-order valence-electron chi connectivity index (χ3n) is 4.23. The number of carboxylic acids is 1. The zero-order chi connectivity index (χ0) is 20.6. The maximum Gasteiger partial charge on any atom is 0.333 e. The van der Waals surface area contributed by atoms with Gasteiger partial charge in [0.1, 0.15) is 23.9 Å². The largest absolute Gasteiger partial charge is 0.507 e. The molecular formula is C19H28N2O7. The Hall–Kier alpha value is -2.36. The summed E-state index contributed by atoms with van der Waals surface area (Å²) in [6.07, 6.45) is 0. The number of carbonyl (C=O) groups is 1. The van der Waals surface area contributed by atoms with Crippen molar-refractivity contribution >= 4 is 11.8 Å². The molecule has 1 aromatic rings. The Kier molecular flexibility index (Phi) is 8.04. The molecule has 0 spiro atoms. The van der Waals surface area contributed by atoms with Gasteiger partial charge in [-0.05, 0) is 19.1 Å². The number of ether oxygens (including phenoxy) is 4. The van der Waals surface area contributed by atoms with Crippen LogP contribution in [0.15, 0.2) is 23.2 Å². The van der Waals surface area contributed by atoms with E-state index in [9.17, 15) is 15.0 Å². The highest BCUT2D eigenvalue weighted by Crippen LogP contribution is 2.30. The van der Waals surface area contributed by atoms with Crippen LogP contribution in [0.5, 0.6) is 11.5 Å². The van der Waals surface area contributed by atoms with E-state index < -0.39 is 11.5 Å². The van der Waals surface area contributed by atoms with Gasteiger partial charge < -0.3 is 34.1 Å². The van der Waals surface area contributed by atoms with Gasteiger partial charge in [-0.25, -0.2) is 9.79 Å². The van der Waals surface area contributed by atoms with E-state index in [0.717, 1.165) is 0 Å². The van der Waals surface area contributed by atoms with Crippen molar-refractivity contribution in [2.75, 3.05) is 60.3 Å². The standard InChI is InChI=1S/C19H28N2O7/c1-19(18(23)24)13-21(2)17(20-19)15-5-4-14(12-16(15)22)28-11-10-27-9-8-26-7-6-25-3/h4-5,12,22H,6-11,13H2,1-3H3,(H,23,24)/t19-/m1/s1. The van der Waals surface area contributed by atoms with Crippen molar-refractivity contribution in [3.8, 4) is 11.5 Å². The van der Waals surface area contributed by atoms with Crippen molar-refractivity contribution in [2.24, 2.45) is 4.99 Å². The van der Waals surface area contributed by atoms with Gasteiger partial charge in [0.15, 0.2) is 5.54 Å². The van der Waals surface area contributed by atoms with E-state index >= 15 is 0 Å². The Morgan fingerprint density at radius 3 is 2.39 bits per heavy atom. The van der Waals surface area contributed by atoms with Crippen LogP contribution in [0.4, 0.5) is 0 Å². The molecule has 0 aromatic heterocycles. The van der Waals surface area contributed by atoms with E-state index in [-0.39, 0.29) is 12.3 Å². The zero-order valence-corrected chi connectivity index (χ0v) is 16.5. The first-order chi connectivity index (χ1) is 13.4. The highest BCUT2D eigenvalue weighted by molar-refractivity contribution is 6.04. The molecule has 9 nitrogen and oxygen atoms in total. The number of rotatable bonds is 12. The number of nitrogens with zero attached hydrogens (tertiary/aromatic N) is 2. The number of methoxy groups -OCH3 is 1. The van der Waals surface area contributed by atoms with Crippen LogP contribution < -0.4 is 4.74 Å². The van der Waals surface area contributed by atoms with Gasteiger partial charge in [0.25, 0.3) is 0 Å². The first-order valence-corrected chi connectivity index (χ1v) is 9.02. The first kappa shape index (κ1) is 21.9. The number of phenolic OH excluding ortho intramolecular Hbond substituents is 1. The molecule has 0 unspecified atom stereocenters. The Morgan fingerprint density at radius 1 is 1.18 bits per heavy atom. The van der Waals surface area contributed by atoms with Gasteiger partial charge in [-0.3, -0.25) is 0 Å². The fraction of sp³-hybridized carbons (Fsp3) is 0.579. The lowest BCUT2D eigenvalue weighted by Crippen LogP contribution is -2.38. The van der Waals surface area contributed by atoms with Crippen molar-refractivity contribution in [1.82, 2.24) is 4.90 Å². The molecule has 1 aliphatic rings. The number of amidine groups is 1. The molecule has 28 heavy (non-hydrogen) atoms. The lowest BCUT2D eigenvalue weighted by atomic mass is 10.1. The minimum Gasteiger partial charge on any atom is -0.507 e. The van der Waals surface area contributed by atoms with Crippen LogP contribution in [-0.2, 0) is 19.0 Å². The number of likely N-dealkylation sites (N-methyl/N-ethyl adjacent to an activating group) is 1. The van der Waals surface area contributed by atoms with Gasteiger partial charge in [-0.1, -0.05) is 0 Å². The second kappa shape index (κ2) is 10.3. The van der Waals surface area contributed by atoms with Gasteiger partial charge >= 0.3 is 5.97 Å². The second-order valence-corrected chi connectivity index (χ2v) is 6.62. The summed E-state index contributed by atoms with van der Waals surface area (Å²) in [4.78, 5) is 17.4. The lowest BCUT2D eigenvalue weighted by Gasteiger charge is -2.18. The Labute approximate surface area is 164 Å². The van der Waals surface area contributed by atoms with Crippen LogP contribution >= 0.6 is 0 Å². The van der Waals surface area contributed by atoms with Gasteiger partial charge in [0.05, 0.1) is 45.1 Å². The number of aliphatic carboxylic acids is 1. The summed E-state index contributed by atoms with van der Waals surface area (Å²) < 4.78 is 21.1. The molecule has 156 valence electrons. The fourth-order valence-electron chi connectivity index (χ4n) is 2.75. The normalized spacial score (nSPS) is 19.0. The third kappa shape index (κ3) is 5.82. The maximum atomic E-state index is 11.4. The Morgan fingerprint density at radius 2 is 1.82 bits per heavy atom. The molecule has 2 rings (SSSR count). The molecule has 0 amide bonds. The van der Waals surface area contributed by atoms with Crippen molar-refractivity contribution in [1.29, 1.82) is 0 Å². The molecule has 2 N–H and O–H groups in total. The molecule has 1 aliphatic heterocycles. The molecule has 0 saturated heterocycles. The molecule has 0 saturated carbocycles. The molecule has 1 heterocycles. The van der Waals surface area contributed by atoms with E-state index in [1.54, 1.807) is 38.1 Å². The average Bonchev–Trinajstić information content (AvgIpc) is 2.96. The number of benzene rings is 1. The van der Waals surface area contributed by atoms with E-state index in [1.807, 2.05) is 0 Å². The molecule has 9 heteroatoms. The Balaban J connectivity index is 1.82. The number of aromatic hydroxyl groups is 1. The predicted octanol–water partition coefficient (Wildman–Crippen LogP) is 0.986. The van der Waals surface area contributed by atoms with E-state index in [0.29, 0.717) is 56.8 Å². The summed E-state index contributed by atoms with van der Waals surface area (Å²) in [6, 6.07) is 4.85. The SMILES string of the molecule is COCCOCCOCCOc1ccc(C2=N[C@@](C)(C(=O)O)CN2C)c(O)c1. The van der Waals surface area contributed by atoms with Gasteiger partial charge in [-0.15, -0.1) is 0 Å². The molecule has 0 fully saturated rings. The van der Waals surface area contributed by atoms with E-state index in [2.05, 4.69) is 4.99 Å². The molecule has 0 aliphatic carbocycles. The number of phenols is 1. The van der Waals surface area contributed by atoms with Crippen molar-refractivity contribution in [2.45, 2.75) is 12.5 Å². The van der Waals surface area contributed by atoms with E-state index in [1.165, 1.54) is 6.07 Å². The van der Waals surface area contributed by atoms with Crippen LogP contribution in [0.3, 0.4) is 0 Å². The number of carboxylic acid groups (broad SMARTS) is 1. The van der Waals surface area contributed by atoms with E-state index in [4.69, 9.17) is 18.9 Å². The third-order valence-corrected chi connectivity index (χ3v) is 4.23. The average molecular weight is 396 g/mol. The van der Waals surface area contributed by atoms with Crippen LogP contribution in [-0.4, -0.2) is 92.8 Å². The highest BCUT2D eigenvalue weighted by Gasteiger charge is 2.41. The van der Waals surface area contributed by atoms with Crippen LogP contribution in [0.2, 0.25) is 0 Å². The summed E-state index contributed by atoms with van der Waals surface area (Å²) in [7, 11) is 3.36. The summed E-state index contributed by atoms with van der Waals surface area (Å²) >= 11 is 0. The number of hydrogen-bond acceptors (Lipinski definition) is 8. The minimum atomic E-state index is -1.23. The number of hydrogen-bond donors (Lipinski definition) is 2. The van der Waals surface area contributed by atoms with Gasteiger partial charge in [-0.2, -0.15) is 0 Å². The molecular weight excluding hydrogens is 368 g/mol. The summed E-state index contributed by atoms with van der Waals surface area (Å²) in [5.74, 6) is -0.0997. The quantitative estimate of drug-likeness (QED) is 0.503. The van der Waals surface area contributed by atoms with Gasteiger partial charge in [0, 0.05) is 20.2 Å². The molecule has 1 aromatic carbocycles. The predicted molar refractivity (Wildman–Crippen MR) is 102 cm³/mol.